The standard InChI is InChI=1S/C14H15BrFNO3/c15-8-5-6-11(16)12(7-8)17-13(18)9-3-1-2-4-10(9)14(19)20/h5-7,9-10H,1-4H2,(H,17,18)(H,19,20)/t9-,10+/m1/s1. The molecule has 4 nitrogen and oxygen atoms in total. The molecular formula is C14H15BrFNO3. The van der Waals surface area contributed by atoms with E-state index in [2.05, 4.69) is 21.2 Å². The van der Waals surface area contributed by atoms with Crippen LogP contribution < -0.4 is 5.32 Å². The van der Waals surface area contributed by atoms with Crippen molar-refractivity contribution in [1.29, 1.82) is 0 Å². The van der Waals surface area contributed by atoms with Crippen molar-refractivity contribution in [3.05, 3.63) is 28.5 Å². The van der Waals surface area contributed by atoms with Crippen LogP contribution in [0.15, 0.2) is 22.7 Å². The Morgan fingerprint density at radius 1 is 1.25 bits per heavy atom. The maximum absolute atomic E-state index is 13.6. The maximum Gasteiger partial charge on any atom is 0.307 e. The van der Waals surface area contributed by atoms with Gasteiger partial charge in [0.25, 0.3) is 0 Å². The number of hydrogen-bond donors (Lipinski definition) is 2. The highest BCUT2D eigenvalue weighted by atomic mass is 79.9. The van der Waals surface area contributed by atoms with Gasteiger partial charge in [-0.3, -0.25) is 9.59 Å². The van der Waals surface area contributed by atoms with Crippen LogP contribution in [0.25, 0.3) is 0 Å². The molecule has 20 heavy (non-hydrogen) atoms. The minimum absolute atomic E-state index is 0.0686. The second-order valence-electron chi connectivity index (χ2n) is 4.95. The van der Waals surface area contributed by atoms with Gasteiger partial charge in [0.15, 0.2) is 0 Å². The van der Waals surface area contributed by atoms with Gasteiger partial charge in [0.2, 0.25) is 5.91 Å². The zero-order valence-electron chi connectivity index (χ0n) is 10.7. The third-order valence-electron chi connectivity index (χ3n) is 3.61. The fraction of sp³-hybridized carbons (Fsp3) is 0.429. The molecule has 0 aromatic heterocycles. The van der Waals surface area contributed by atoms with Crippen molar-refractivity contribution in [2.45, 2.75) is 25.7 Å². The van der Waals surface area contributed by atoms with Gasteiger partial charge in [0, 0.05) is 4.47 Å². The van der Waals surface area contributed by atoms with E-state index in [1.807, 2.05) is 0 Å². The summed E-state index contributed by atoms with van der Waals surface area (Å²) in [6.45, 7) is 0. The van der Waals surface area contributed by atoms with Gasteiger partial charge in [-0.25, -0.2) is 4.39 Å². The van der Waals surface area contributed by atoms with Crippen LogP contribution in [0.4, 0.5) is 10.1 Å². The van der Waals surface area contributed by atoms with Gasteiger partial charge in [0.05, 0.1) is 17.5 Å². The van der Waals surface area contributed by atoms with E-state index in [1.54, 1.807) is 0 Å². The highest BCUT2D eigenvalue weighted by Gasteiger charge is 2.35. The molecule has 0 heterocycles. The quantitative estimate of drug-likeness (QED) is 0.883. The van der Waals surface area contributed by atoms with Crippen LogP contribution in [0.5, 0.6) is 0 Å². The maximum atomic E-state index is 13.6. The highest BCUT2D eigenvalue weighted by molar-refractivity contribution is 9.10. The van der Waals surface area contributed by atoms with Crippen molar-refractivity contribution in [2.24, 2.45) is 11.8 Å². The second-order valence-corrected chi connectivity index (χ2v) is 5.86. The number of carboxylic acids is 1. The summed E-state index contributed by atoms with van der Waals surface area (Å²) in [7, 11) is 0. The number of carbonyl (C=O) groups is 2. The molecule has 6 heteroatoms. The topological polar surface area (TPSA) is 66.4 Å². The van der Waals surface area contributed by atoms with Crippen LogP contribution in [-0.2, 0) is 9.59 Å². The van der Waals surface area contributed by atoms with Gasteiger partial charge in [-0.1, -0.05) is 28.8 Å². The monoisotopic (exact) mass is 343 g/mol. The zero-order chi connectivity index (χ0) is 14.7. The molecule has 0 spiro atoms. The average Bonchev–Trinajstić information content (AvgIpc) is 2.42. The van der Waals surface area contributed by atoms with Crippen molar-refractivity contribution in [3.63, 3.8) is 0 Å². The van der Waals surface area contributed by atoms with E-state index in [0.29, 0.717) is 17.3 Å². The van der Waals surface area contributed by atoms with E-state index in [4.69, 9.17) is 5.11 Å². The van der Waals surface area contributed by atoms with E-state index >= 15 is 0 Å². The zero-order valence-corrected chi connectivity index (χ0v) is 12.3. The Kier molecular flexibility index (Phi) is 4.75. The Labute approximate surface area is 124 Å². The van der Waals surface area contributed by atoms with Gasteiger partial charge < -0.3 is 10.4 Å². The molecule has 0 radical (unpaired) electrons. The number of halogens is 2. The summed E-state index contributed by atoms with van der Waals surface area (Å²) in [6, 6.07) is 4.24. The first-order valence-corrected chi connectivity index (χ1v) is 7.27. The van der Waals surface area contributed by atoms with Crippen LogP contribution in [0.3, 0.4) is 0 Å². The lowest BCUT2D eigenvalue weighted by atomic mass is 9.78. The van der Waals surface area contributed by atoms with E-state index in [1.165, 1.54) is 18.2 Å². The lowest BCUT2D eigenvalue weighted by molar-refractivity contribution is -0.147. The van der Waals surface area contributed by atoms with Crippen molar-refractivity contribution in [2.75, 3.05) is 5.32 Å². The lowest BCUT2D eigenvalue weighted by Gasteiger charge is -2.27. The molecule has 2 N–H and O–H groups in total. The summed E-state index contributed by atoms with van der Waals surface area (Å²) in [5.74, 6) is -3.20. The van der Waals surface area contributed by atoms with Crippen LogP contribution in [-0.4, -0.2) is 17.0 Å². The van der Waals surface area contributed by atoms with Gasteiger partial charge in [-0.05, 0) is 31.0 Å². The molecule has 1 fully saturated rings. The predicted molar refractivity (Wildman–Crippen MR) is 75.8 cm³/mol. The third-order valence-corrected chi connectivity index (χ3v) is 4.10. The fourth-order valence-electron chi connectivity index (χ4n) is 2.56. The normalized spacial score (nSPS) is 22.3. The SMILES string of the molecule is O=C(O)[C@H]1CCCC[C@H]1C(=O)Nc1cc(Br)ccc1F. The van der Waals surface area contributed by atoms with Crippen molar-refractivity contribution in [1.82, 2.24) is 0 Å². The molecular weight excluding hydrogens is 329 g/mol. The number of aliphatic carboxylic acids is 1. The molecule has 1 aromatic carbocycles. The van der Waals surface area contributed by atoms with E-state index in [-0.39, 0.29) is 5.69 Å². The average molecular weight is 344 g/mol. The summed E-state index contributed by atoms with van der Waals surface area (Å²) < 4.78 is 14.2. The third kappa shape index (κ3) is 3.36. The Morgan fingerprint density at radius 2 is 1.90 bits per heavy atom. The molecule has 1 aliphatic rings. The first-order chi connectivity index (χ1) is 9.49. The number of carboxylic acid groups (broad SMARTS) is 1. The van der Waals surface area contributed by atoms with Crippen molar-refractivity contribution in [3.8, 4) is 0 Å². The van der Waals surface area contributed by atoms with Crippen molar-refractivity contribution < 1.29 is 19.1 Å². The van der Waals surface area contributed by atoms with Crippen molar-refractivity contribution >= 4 is 33.5 Å². The second kappa shape index (κ2) is 6.35. The molecule has 0 unspecified atom stereocenters. The van der Waals surface area contributed by atoms with Crippen LogP contribution in [0.2, 0.25) is 0 Å². The number of amides is 1. The summed E-state index contributed by atoms with van der Waals surface area (Å²) >= 11 is 3.21. The molecule has 0 bridgehead atoms. The van der Waals surface area contributed by atoms with E-state index in [9.17, 15) is 14.0 Å². The number of anilines is 1. The molecule has 0 saturated heterocycles. The van der Waals surface area contributed by atoms with E-state index in [0.717, 1.165) is 12.8 Å². The molecule has 1 saturated carbocycles. The van der Waals surface area contributed by atoms with Gasteiger partial charge in [0.1, 0.15) is 5.82 Å². The predicted octanol–water partition coefficient (Wildman–Crippen LogP) is 3.42. The molecule has 2 atom stereocenters. The number of benzene rings is 1. The fourth-order valence-corrected chi connectivity index (χ4v) is 2.92. The van der Waals surface area contributed by atoms with E-state index < -0.39 is 29.5 Å². The summed E-state index contributed by atoms with van der Waals surface area (Å²) in [5, 5.41) is 11.7. The molecule has 1 aromatic rings. The van der Waals surface area contributed by atoms with Crippen LogP contribution >= 0.6 is 15.9 Å². The molecule has 2 rings (SSSR count). The largest absolute Gasteiger partial charge is 0.481 e. The van der Waals surface area contributed by atoms with Crippen LogP contribution in [0.1, 0.15) is 25.7 Å². The minimum Gasteiger partial charge on any atom is -0.481 e. The number of carbonyl (C=O) groups excluding carboxylic acids is 1. The minimum atomic E-state index is -0.959. The lowest BCUT2D eigenvalue weighted by Crippen LogP contribution is -2.36. The first-order valence-electron chi connectivity index (χ1n) is 6.48. The summed E-state index contributed by atoms with van der Waals surface area (Å²) in [5.41, 5.74) is 0.0686. The number of hydrogen-bond acceptors (Lipinski definition) is 2. The Balaban J connectivity index is 2.14. The Morgan fingerprint density at radius 3 is 2.55 bits per heavy atom. The molecule has 0 aliphatic heterocycles. The van der Waals surface area contributed by atoms with Gasteiger partial charge in [-0.15, -0.1) is 0 Å². The van der Waals surface area contributed by atoms with Gasteiger partial charge in [-0.2, -0.15) is 0 Å². The first kappa shape index (κ1) is 15.0. The Hall–Kier alpha value is -1.43. The number of nitrogens with one attached hydrogen (secondary N) is 1. The van der Waals surface area contributed by atoms with Gasteiger partial charge >= 0.3 is 5.97 Å². The summed E-state index contributed by atoms with van der Waals surface area (Å²) in [4.78, 5) is 23.4. The molecule has 1 aliphatic carbocycles. The molecule has 108 valence electrons. The van der Waals surface area contributed by atoms with Crippen LogP contribution in [0, 0.1) is 17.7 Å². The smallest absolute Gasteiger partial charge is 0.307 e. The Bertz CT molecular complexity index is 535. The highest BCUT2D eigenvalue weighted by Crippen LogP contribution is 2.31. The summed E-state index contributed by atoms with van der Waals surface area (Å²) in [6.07, 6.45) is 2.65. The number of rotatable bonds is 3. The molecule has 1 amide bonds.